The van der Waals surface area contributed by atoms with Crippen molar-refractivity contribution >= 4 is 17.5 Å². The summed E-state index contributed by atoms with van der Waals surface area (Å²) in [6.07, 6.45) is 4.44. The van der Waals surface area contributed by atoms with E-state index >= 15 is 0 Å². The molecule has 3 aromatic rings. The zero-order valence-electron chi connectivity index (χ0n) is 13.8. The predicted molar refractivity (Wildman–Crippen MR) is 97.2 cm³/mol. The van der Waals surface area contributed by atoms with Gasteiger partial charge in [-0.1, -0.05) is 29.8 Å². The summed E-state index contributed by atoms with van der Waals surface area (Å²) in [4.78, 5) is 12.3. The molecule has 1 N–H and O–H groups in total. The third-order valence-corrected chi connectivity index (χ3v) is 4.33. The van der Waals surface area contributed by atoms with Crippen molar-refractivity contribution in [3.05, 3.63) is 71.0 Å². The molecule has 1 aliphatic heterocycles. The van der Waals surface area contributed by atoms with Crippen molar-refractivity contribution in [1.82, 2.24) is 15.1 Å². The number of aromatic nitrogens is 2. The summed E-state index contributed by atoms with van der Waals surface area (Å²) in [7, 11) is 0. The molecule has 0 fully saturated rings. The molecule has 0 radical (unpaired) electrons. The molecule has 7 heteroatoms. The van der Waals surface area contributed by atoms with Crippen molar-refractivity contribution in [3.8, 4) is 17.2 Å². The Balaban J connectivity index is 1.36. The number of halogens is 1. The average molecular weight is 370 g/mol. The summed E-state index contributed by atoms with van der Waals surface area (Å²) in [6.45, 7) is 0.608. The van der Waals surface area contributed by atoms with Crippen LogP contribution in [-0.4, -0.2) is 29.0 Å². The molecule has 2 heterocycles. The van der Waals surface area contributed by atoms with Crippen LogP contribution in [0.1, 0.15) is 15.9 Å². The summed E-state index contributed by atoms with van der Waals surface area (Å²) < 4.78 is 12.4. The molecule has 2 aromatic carbocycles. The molecule has 26 heavy (non-hydrogen) atoms. The molecule has 0 aliphatic carbocycles. The van der Waals surface area contributed by atoms with E-state index in [0.717, 1.165) is 11.3 Å². The van der Waals surface area contributed by atoms with Crippen LogP contribution in [0.25, 0.3) is 5.69 Å². The van der Waals surface area contributed by atoms with E-state index in [-0.39, 0.29) is 12.7 Å². The maximum Gasteiger partial charge on any atom is 0.251 e. The number of hydrogen-bond acceptors (Lipinski definition) is 4. The third-order valence-electron chi connectivity index (χ3n) is 4.05. The van der Waals surface area contributed by atoms with Crippen LogP contribution >= 0.6 is 11.6 Å². The van der Waals surface area contributed by atoms with E-state index in [1.807, 2.05) is 41.2 Å². The van der Waals surface area contributed by atoms with Crippen LogP contribution in [0.5, 0.6) is 11.5 Å². The van der Waals surface area contributed by atoms with Crippen LogP contribution in [0.2, 0.25) is 5.02 Å². The predicted octanol–water partition coefficient (Wildman–Crippen LogP) is 3.23. The Bertz CT molecular complexity index is 940. The van der Waals surface area contributed by atoms with E-state index in [1.54, 1.807) is 18.3 Å². The van der Waals surface area contributed by atoms with Crippen molar-refractivity contribution < 1.29 is 14.3 Å². The van der Waals surface area contributed by atoms with Gasteiger partial charge < -0.3 is 14.8 Å². The first-order valence-corrected chi connectivity index (χ1v) is 8.55. The zero-order valence-corrected chi connectivity index (χ0v) is 14.6. The van der Waals surface area contributed by atoms with Crippen LogP contribution in [-0.2, 0) is 6.42 Å². The van der Waals surface area contributed by atoms with Crippen molar-refractivity contribution in [1.29, 1.82) is 0 Å². The molecule has 1 aromatic heterocycles. The molecule has 0 spiro atoms. The fourth-order valence-corrected chi connectivity index (χ4v) is 3.00. The molecule has 6 nitrogen and oxygen atoms in total. The lowest BCUT2D eigenvalue weighted by atomic mass is 10.2. The molecule has 1 aliphatic rings. The number of hydrogen-bond donors (Lipinski definition) is 1. The Labute approximate surface area is 155 Å². The lowest BCUT2D eigenvalue weighted by molar-refractivity contribution is 0.0953. The quantitative estimate of drug-likeness (QED) is 0.750. The van der Waals surface area contributed by atoms with Gasteiger partial charge in [-0.3, -0.25) is 4.79 Å². The first-order valence-electron chi connectivity index (χ1n) is 8.17. The number of carbonyl (C=O) groups is 1. The monoisotopic (exact) mass is 369 g/mol. The second kappa shape index (κ2) is 7.09. The molecule has 0 bridgehead atoms. The number of benzene rings is 2. The molecule has 0 saturated heterocycles. The van der Waals surface area contributed by atoms with Crippen molar-refractivity contribution in [2.24, 2.45) is 0 Å². The molecule has 4 rings (SSSR count). The highest BCUT2D eigenvalue weighted by Gasteiger charge is 2.20. The summed E-state index contributed by atoms with van der Waals surface area (Å²) >= 11 is 6.11. The lowest BCUT2D eigenvalue weighted by Crippen LogP contribution is -2.25. The molecular weight excluding hydrogens is 354 g/mol. The van der Waals surface area contributed by atoms with E-state index in [9.17, 15) is 4.79 Å². The Morgan fingerprint density at radius 2 is 2.08 bits per heavy atom. The van der Waals surface area contributed by atoms with E-state index in [2.05, 4.69) is 10.4 Å². The first kappa shape index (κ1) is 16.5. The number of amides is 1. The SMILES string of the molecule is O=C(NCCc1cnn(-c2ccccc2)c1)c1cc(Cl)c2c(c1)OCO2. The van der Waals surface area contributed by atoms with Gasteiger partial charge >= 0.3 is 0 Å². The molecule has 0 saturated carbocycles. The van der Waals surface area contributed by atoms with Gasteiger partial charge in [0.25, 0.3) is 5.91 Å². The molecule has 0 unspecified atom stereocenters. The van der Waals surface area contributed by atoms with Crippen molar-refractivity contribution in [2.75, 3.05) is 13.3 Å². The zero-order chi connectivity index (χ0) is 17.9. The highest BCUT2D eigenvalue weighted by Crippen LogP contribution is 2.39. The summed E-state index contributed by atoms with van der Waals surface area (Å²) in [5, 5.41) is 7.60. The standard InChI is InChI=1S/C19H16ClN3O3/c20-16-8-14(9-17-18(16)26-12-25-17)19(24)21-7-6-13-10-22-23(11-13)15-4-2-1-3-5-15/h1-5,8-11H,6-7,12H2,(H,21,24). The van der Waals surface area contributed by atoms with E-state index in [0.29, 0.717) is 35.1 Å². The minimum absolute atomic E-state index is 0.117. The fourth-order valence-electron chi connectivity index (χ4n) is 2.73. The van der Waals surface area contributed by atoms with Gasteiger partial charge in [0.15, 0.2) is 11.5 Å². The second-order valence-corrected chi connectivity index (χ2v) is 6.23. The van der Waals surface area contributed by atoms with Crippen LogP contribution in [0.3, 0.4) is 0 Å². The van der Waals surface area contributed by atoms with Gasteiger partial charge in [-0.25, -0.2) is 4.68 Å². The average Bonchev–Trinajstić information content (AvgIpc) is 3.32. The van der Waals surface area contributed by atoms with Gasteiger partial charge in [0.2, 0.25) is 6.79 Å². The Morgan fingerprint density at radius 1 is 1.23 bits per heavy atom. The molecular formula is C19H16ClN3O3. The number of para-hydroxylation sites is 1. The number of nitrogens with zero attached hydrogens (tertiary/aromatic N) is 2. The normalized spacial score (nSPS) is 12.2. The maximum atomic E-state index is 12.3. The van der Waals surface area contributed by atoms with Gasteiger partial charge in [-0.05, 0) is 36.2 Å². The summed E-state index contributed by atoms with van der Waals surface area (Å²) in [6, 6.07) is 13.1. The van der Waals surface area contributed by atoms with Gasteiger partial charge in [-0.2, -0.15) is 5.10 Å². The van der Waals surface area contributed by atoms with Crippen molar-refractivity contribution in [2.45, 2.75) is 6.42 Å². The van der Waals surface area contributed by atoms with E-state index in [4.69, 9.17) is 21.1 Å². The number of fused-ring (bicyclic) bond motifs is 1. The van der Waals surface area contributed by atoms with Crippen LogP contribution in [0, 0.1) is 0 Å². The highest BCUT2D eigenvalue weighted by atomic mass is 35.5. The van der Waals surface area contributed by atoms with Gasteiger partial charge in [0.1, 0.15) is 0 Å². The number of carbonyl (C=O) groups excluding carboxylic acids is 1. The largest absolute Gasteiger partial charge is 0.454 e. The first-order chi connectivity index (χ1) is 12.7. The van der Waals surface area contributed by atoms with Gasteiger partial charge in [0, 0.05) is 18.3 Å². The molecule has 132 valence electrons. The molecule has 0 atom stereocenters. The minimum atomic E-state index is -0.208. The number of nitrogens with one attached hydrogen (secondary N) is 1. The van der Waals surface area contributed by atoms with E-state index < -0.39 is 0 Å². The van der Waals surface area contributed by atoms with Crippen LogP contribution < -0.4 is 14.8 Å². The Morgan fingerprint density at radius 3 is 2.92 bits per heavy atom. The van der Waals surface area contributed by atoms with Gasteiger partial charge in [0.05, 0.1) is 16.9 Å². The number of ether oxygens (including phenoxy) is 2. The lowest BCUT2D eigenvalue weighted by Gasteiger charge is -2.06. The minimum Gasteiger partial charge on any atom is -0.454 e. The molecule has 1 amide bonds. The van der Waals surface area contributed by atoms with Gasteiger partial charge in [-0.15, -0.1) is 0 Å². The third kappa shape index (κ3) is 3.36. The smallest absolute Gasteiger partial charge is 0.251 e. The summed E-state index contributed by atoms with van der Waals surface area (Å²) in [5.41, 5.74) is 2.48. The fraction of sp³-hybridized carbons (Fsp3) is 0.158. The van der Waals surface area contributed by atoms with E-state index in [1.165, 1.54) is 0 Å². The number of rotatable bonds is 5. The van der Waals surface area contributed by atoms with Crippen LogP contribution in [0.4, 0.5) is 0 Å². The van der Waals surface area contributed by atoms with Crippen molar-refractivity contribution in [3.63, 3.8) is 0 Å². The Kier molecular flexibility index (Phi) is 4.50. The van der Waals surface area contributed by atoms with Crippen LogP contribution in [0.15, 0.2) is 54.9 Å². The summed E-state index contributed by atoms with van der Waals surface area (Å²) in [5.74, 6) is 0.768. The Hall–Kier alpha value is -2.99. The second-order valence-electron chi connectivity index (χ2n) is 5.83. The topological polar surface area (TPSA) is 65.4 Å². The highest BCUT2D eigenvalue weighted by molar-refractivity contribution is 6.32. The maximum absolute atomic E-state index is 12.3.